The highest BCUT2D eigenvalue weighted by atomic mass is 19.1. The summed E-state index contributed by atoms with van der Waals surface area (Å²) in [6.07, 6.45) is -0.201. The van der Waals surface area contributed by atoms with Crippen LogP contribution in [0.4, 0.5) is 24.5 Å². The number of nitrogens with zero attached hydrogens (tertiary/aromatic N) is 3. The molecule has 4 atom stereocenters. The monoisotopic (exact) mass is 721 g/mol. The molecular formula is C36H44FN7O8. The van der Waals surface area contributed by atoms with Crippen molar-refractivity contribution in [3.8, 4) is 22.4 Å². The van der Waals surface area contributed by atoms with Crippen LogP contribution in [0.15, 0.2) is 48.7 Å². The van der Waals surface area contributed by atoms with Crippen LogP contribution in [0.1, 0.15) is 52.4 Å². The Morgan fingerprint density at radius 1 is 1.04 bits per heavy atom. The van der Waals surface area contributed by atoms with E-state index in [0.717, 1.165) is 17.7 Å². The van der Waals surface area contributed by atoms with E-state index in [0.29, 0.717) is 29.9 Å². The van der Waals surface area contributed by atoms with E-state index in [1.807, 2.05) is 26.0 Å². The maximum atomic E-state index is 15.5. The molecule has 52 heavy (non-hydrogen) atoms. The highest BCUT2D eigenvalue weighted by Gasteiger charge is 2.38. The molecule has 5 N–H and O–H groups in total. The van der Waals surface area contributed by atoms with Gasteiger partial charge in [-0.3, -0.25) is 14.5 Å². The molecule has 2 aromatic carbocycles. The van der Waals surface area contributed by atoms with Crippen molar-refractivity contribution < 1.29 is 42.9 Å². The smallest absolute Gasteiger partial charge is 0.414 e. The lowest BCUT2D eigenvalue weighted by molar-refractivity contribution is -0.135. The van der Waals surface area contributed by atoms with Crippen LogP contribution >= 0.6 is 0 Å². The average molecular weight is 722 g/mol. The van der Waals surface area contributed by atoms with Gasteiger partial charge in [0.2, 0.25) is 11.8 Å². The number of nitrogens with one attached hydrogen (secondary N) is 4. The van der Waals surface area contributed by atoms with E-state index in [1.165, 1.54) is 18.1 Å². The second-order valence-corrected chi connectivity index (χ2v) is 13.5. The fourth-order valence-corrected chi connectivity index (χ4v) is 6.41. The molecule has 16 heteroatoms. The second kappa shape index (κ2) is 16.1. The van der Waals surface area contributed by atoms with Gasteiger partial charge in [0.05, 0.1) is 43.8 Å². The van der Waals surface area contributed by atoms with Crippen molar-refractivity contribution in [1.29, 1.82) is 0 Å². The molecule has 2 saturated heterocycles. The number of aromatic amines is 1. The molecule has 2 aliphatic heterocycles. The number of cyclic esters (lactones) is 1. The fraction of sp³-hybridized carbons (Fsp3) is 0.444. The molecule has 0 spiro atoms. The number of carboxylic acid groups (broad SMARTS) is 1. The Kier molecular flexibility index (Phi) is 11.7. The molecule has 0 radical (unpaired) electrons. The lowest BCUT2D eigenvalue weighted by atomic mass is 10.0. The molecule has 0 unspecified atom stereocenters. The Balaban J connectivity index is 1.22. The van der Waals surface area contributed by atoms with Crippen molar-refractivity contribution in [3.63, 3.8) is 0 Å². The van der Waals surface area contributed by atoms with Gasteiger partial charge in [0.15, 0.2) is 0 Å². The van der Waals surface area contributed by atoms with Crippen molar-refractivity contribution >= 4 is 35.8 Å². The van der Waals surface area contributed by atoms with Crippen molar-refractivity contribution in [2.45, 2.75) is 64.8 Å². The molecule has 5 amide bonds. The van der Waals surface area contributed by atoms with E-state index in [1.54, 1.807) is 49.2 Å². The van der Waals surface area contributed by atoms with Gasteiger partial charge in [-0.15, -0.1) is 0 Å². The summed E-state index contributed by atoms with van der Waals surface area (Å²) in [5.74, 6) is -1.11. The summed E-state index contributed by atoms with van der Waals surface area (Å²) >= 11 is 0. The first-order valence-corrected chi connectivity index (χ1v) is 17.1. The molecule has 3 heterocycles. The van der Waals surface area contributed by atoms with Gasteiger partial charge < -0.3 is 40.4 Å². The third-order valence-electron chi connectivity index (χ3n) is 9.22. The number of alkyl carbamates (subject to hydrolysis) is 1. The quantitative estimate of drug-likeness (QED) is 0.177. The number of likely N-dealkylation sites (tertiary alicyclic amines) is 1. The van der Waals surface area contributed by atoms with Crippen molar-refractivity contribution in [2.75, 3.05) is 31.6 Å². The summed E-state index contributed by atoms with van der Waals surface area (Å²) < 4.78 is 25.5. The summed E-state index contributed by atoms with van der Waals surface area (Å²) in [5.41, 5.74) is 2.75. The number of benzene rings is 2. The first kappa shape index (κ1) is 37.6. The number of hydrogen-bond donors (Lipinski definition) is 5. The Labute approximate surface area is 300 Å². The third kappa shape index (κ3) is 8.44. The lowest BCUT2D eigenvalue weighted by Gasteiger charge is -2.30. The Bertz CT molecular complexity index is 1800. The molecule has 0 saturated carbocycles. The van der Waals surface area contributed by atoms with E-state index < -0.39 is 48.2 Å². The van der Waals surface area contributed by atoms with Gasteiger partial charge in [0.25, 0.3) is 0 Å². The Hall–Kier alpha value is -5.67. The molecule has 1 aromatic heterocycles. The first-order chi connectivity index (χ1) is 24.8. The third-order valence-corrected chi connectivity index (χ3v) is 9.22. The number of ether oxygens (including phenoxy) is 2. The molecular weight excluding hydrogens is 677 g/mol. The zero-order valence-corrected chi connectivity index (χ0v) is 29.6. The van der Waals surface area contributed by atoms with Crippen molar-refractivity contribution in [3.05, 3.63) is 60.3 Å². The number of carbonyl (C=O) groups excluding carboxylic acids is 4. The number of rotatable bonds is 12. The molecule has 278 valence electrons. The number of halogens is 1. The van der Waals surface area contributed by atoms with E-state index in [2.05, 4.69) is 25.9 Å². The molecule has 3 aromatic rings. The topological polar surface area (TPSA) is 195 Å². The maximum Gasteiger partial charge on any atom is 0.414 e. The highest BCUT2D eigenvalue weighted by Crippen LogP contribution is 2.34. The minimum Gasteiger partial charge on any atom is -0.465 e. The van der Waals surface area contributed by atoms with Gasteiger partial charge in [-0.2, -0.15) is 0 Å². The number of H-pyrrole nitrogens is 1. The molecule has 0 aliphatic carbocycles. The predicted molar refractivity (Wildman–Crippen MR) is 188 cm³/mol. The standard InChI is InChI=1S/C36H44FN7O8/c1-19(2)29(41-34(47)48)32(45)39-16-24-18-44(36(50)52-24)23-12-13-25(26(37)15-23)21-8-10-22(11-9-21)27-17-38-31(40-27)28-7-6-14-43(28)33(46)30(20(3)4)42-35(49)51-5/h8-13,15,17,19-20,24,28-30,41H,6-7,14,16,18H2,1-5H3,(H,38,40)(H,39,45)(H,42,49)(H,47,48)/t24-,28-,29-,30-/m0/s1. The summed E-state index contributed by atoms with van der Waals surface area (Å²) in [7, 11) is 1.26. The number of imidazole rings is 1. The maximum absolute atomic E-state index is 15.5. The molecule has 5 rings (SSSR count). The predicted octanol–water partition coefficient (Wildman–Crippen LogP) is 4.66. The number of hydrogen-bond acceptors (Lipinski definition) is 8. The minimum atomic E-state index is -1.32. The van der Waals surface area contributed by atoms with Gasteiger partial charge in [-0.25, -0.2) is 23.8 Å². The first-order valence-electron chi connectivity index (χ1n) is 17.1. The van der Waals surface area contributed by atoms with Crippen LogP contribution in [0.3, 0.4) is 0 Å². The average Bonchev–Trinajstić information content (AvgIpc) is 3.88. The van der Waals surface area contributed by atoms with Gasteiger partial charge in [0, 0.05) is 12.1 Å². The number of anilines is 1. The SMILES string of the molecule is COC(=O)N[C@H](C(=O)N1CCC[C@H]1c1ncc(-c2ccc(-c3ccc(N4C[C@H](CNC(=O)[C@@H](NC(=O)O)C(C)C)OC4=O)cc3F)cc2)[nH]1)C(C)C. The van der Waals surface area contributed by atoms with Crippen LogP contribution < -0.4 is 20.9 Å². The molecule has 2 aliphatic rings. The Morgan fingerprint density at radius 2 is 1.73 bits per heavy atom. The number of methoxy groups -OCH3 is 1. The van der Waals surface area contributed by atoms with Gasteiger partial charge >= 0.3 is 18.3 Å². The van der Waals surface area contributed by atoms with Gasteiger partial charge in [-0.05, 0) is 54.0 Å². The van der Waals surface area contributed by atoms with E-state index in [-0.39, 0.29) is 42.6 Å². The Morgan fingerprint density at radius 3 is 2.37 bits per heavy atom. The highest BCUT2D eigenvalue weighted by molar-refractivity contribution is 5.91. The normalized spacial score (nSPS) is 18.3. The number of aromatic nitrogens is 2. The van der Waals surface area contributed by atoms with Crippen LogP contribution in [0.2, 0.25) is 0 Å². The fourth-order valence-electron chi connectivity index (χ4n) is 6.41. The molecule has 15 nitrogen and oxygen atoms in total. The molecule has 0 bridgehead atoms. The summed E-state index contributed by atoms with van der Waals surface area (Å²) in [5, 5.41) is 16.5. The van der Waals surface area contributed by atoms with Crippen LogP contribution in [0.5, 0.6) is 0 Å². The summed E-state index contributed by atoms with van der Waals surface area (Å²) in [6, 6.07) is 9.66. The van der Waals surface area contributed by atoms with Crippen LogP contribution in [0, 0.1) is 17.7 Å². The zero-order chi connectivity index (χ0) is 37.7. The summed E-state index contributed by atoms with van der Waals surface area (Å²) in [6.45, 7) is 7.68. The summed E-state index contributed by atoms with van der Waals surface area (Å²) in [4.78, 5) is 72.5. The van der Waals surface area contributed by atoms with Crippen LogP contribution in [0.25, 0.3) is 22.4 Å². The van der Waals surface area contributed by atoms with Crippen molar-refractivity contribution in [2.24, 2.45) is 11.8 Å². The largest absolute Gasteiger partial charge is 0.465 e. The van der Waals surface area contributed by atoms with E-state index in [4.69, 9.17) is 14.6 Å². The second-order valence-electron chi connectivity index (χ2n) is 13.5. The van der Waals surface area contributed by atoms with Gasteiger partial charge in [-0.1, -0.05) is 52.0 Å². The zero-order valence-electron chi connectivity index (χ0n) is 29.6. The van der Waals surface area contributed by atoms with Gasteiger partial charge in [0.1, 0.15) is 29.8 Å². The lowest BCUT2D eigenvalue weighted by Crippen LogP contribution is -2.51. The minimum absolute atomic E-state index is 0.0412. The van der Waals surface area contributed by atoms with Crippen LogP contribution in [-0.4, -0.2) is 95.0 Å². The number of carbonyl (C=O) groups is 5. The van der Waals surface area contributed by atoms with E-state index >= 15 is 4.39 Å². The van der Waals surface area contributed by atoms with Crippen LogP contribution in [-0.2, 0) is 19.1 Å². The number of amides is 5. The van der Waals surface area contributed by atoms with E-state index in [9.17, 15) is 24.0 Å². The molecule has 2 fully saturated rings. The van der Waals surface area contributed by atoms with Crippen molar-refractivity contribution in [1.82, 2.24) is 30.8 Å².